The molecular formula is C8H10BrN3O2. The highest BCUT2D eigenvalue weighted by Crippen LogP contribution is 2.16. The van der Waals surface area contributed by atoms with E-state index in [2.05, 4.69) is 20.9 Å². The van der Waals surface area contributed by atoms with Crippen molar-refractivity contribution in [2.24, 2.45) is 5.73 Å². The van der Waals surface area contributed by atoms with Gasteiger partial charge < -0.3 is 5.73 Å². The van der Waals surface area contributed by atoms with Crippen LogP contribution in [0.1, 0.15) is 11.4 Å². The molecule has 5 nitrogen and oxygen atoms in total. The second kappa shape index (κ2) is 3.91. The number of nitrogens with two attached hydrogens (primary N) is 1. The van der Waals surface area contributed by atoms with Gasteiger partial charge in [0.2, 0.25) is 5.91 Å². The number of aryl methyl sites for hydroxylation is 1. The Bertz CT molecular complexity index is 439. The maximum Gasteiger partial charge on any atom is 0.348 e. The fourth-order valence-corrected chi connectivity index (χ4v) is 1.42. The van der Waals surface area contributed by atoms with Crippen LogP contribution >= 0.6 is 15.9 Å². The van der Waals surface area contributed by atoms with Gasteiger partial charge in [-0.1, -0.05) is 0 Å². The van der Waals surface area contributed by atoms with Crippen LogP contribution in [0, 0.1) is 13.8 Å². The number of aromatic nitrogens is 2. The van der Waals surface area contributed by atoms with Crippen molar-refractivity contribution in [3.05, 3.63) is 26.3 Å². The zero-order valence-corrected chi connectivity index (χ0v) is 9.46. The van der Waals surface area contributed by atoms with E-state index in [0.717, 1.165) is 4.47 Å². The van der Waals surface area contributed by atoms with Gasteiger partial charge in [-0.05, 0) is 29.8 Å². The Labute approximate surface area is 89.1 Å². The highest BCUT2D eigenvalue weighted by molar-refractivity contribution is 9.10. The summed E-state index contributed by atoms with van der Waals surface area (Å²) in [6.07, 6.45) is 0. The predicted molar refractivity (Wildman–Crippen MR) is 54.9 cm³/mol. The molecule has 0 saturated carbocycles. The summed E-state index contributed by atoms with van der Waals surface area (Å²) in [5, 5.41) is 0. The molecule has 0 aliphatic carbocycles. The summed E-state index contributed by atoms with van der Waals surface area (Å²) in [7, 11) is 0. The van der Waals surface area contributed by atoms with Crippen LogP contribution in [-0.2, 0) is 11.3 Å². The molecule has 1 rings (SSSR count). The molecule has 0 unspecified atom stereocenters. The average molecular weight is 260 g/mol. The number of carbonyl (C=O) groups excluding carboxylic acids is 1. The number of primary amides is 1. The van der Waals surface area contributed by atoms with Crippen LogP contribution in [0.15, 0.2) is 9.27 Å². The van der Waals surface area contributed by atoms with Gasteiger partial charge in [0.1, 0.15) is 6.54 Å². The molecule has 0 atom stereocenters. The maximum absolute atomic E-state index is 11.4. The van der Waals surface area contributed by atoms with Crippen LogP contribution in [0.5, 0.6) is 0 Å². The van der Waals surface area contributed by atoms with Crippen LogP contribution in [0.3, 0.4) is 0 Å². The number of nitrogens with zero attached hydrogens (tertiary/aromatic N) is 2. The number of hydrogen-bond acceptors (Lipinski definition) is 3. The number of rotatable bonds is 2. The summed E-state index contributed by atoms with van der Waals surface area (Å²) in [5.74, 6) is -0.562. The van der Waals surface area contributed by atoms with Crippen LogP contribution in [0.4, 0.5) is 0 Å². The van der Waals surface area contributed by atoms with Crippen LogP contribution in [0.2, 0.25) is 0 Å². The summed E-state index contributed by atoms with van der Waals surface area (Å²) in [4.78, 5) is 25.8. The molecule has 0 aliphatic rings. The summed E-state index contributed by atoms with van der Waals surface area (Å²) in [5.41, 5.74) is 5.81. The minimum absolute atomic E-state index is 0.142. The van der Waals surface area contributed by atoms with E-state index in [9.17, 15) is 9.59 Å². The molecule has 0 aromatic carbocycles. The molecule has 1 amide bonds. The Morgan fingerprint density at radius 3 is 2.64 bits per heavy atom. The minimum atomic E-state index is -0.562. The molecule has 2 N–H and O–H groups in total. The highest BCUT2D eigenvalue weighted by Gasteiger charge is 2.10. The summed E-state index contributed by atoms with van der Waals surface area (Å²) < 4.78 is 1.96. The van der Waals surface area contributed by atoms with E-state index in [1.165, 1.54) is 4.57 Å². The lowest BCUT2D eigenvalue weighted by molar-refractivity contribution is -0.118. The molecule has 1 aromatic heterocycles. The monoisotopic (exact) mass is 259 g/mol. The largest absolute Gasteiger partial charge is 0.368 e. The van der Waals surface area contributed by atoms with Gasteiger partial charge in [-0.2, -0.15) is 4.98 Å². The summed E-state index contributed by atoms with van der Waals surface area (Å²) in [6.45, 7) is 3.30. The quantitative estimate of drug-likeness (QED) is 0.819. The number of carbonyl (C=O) groups is 1. The molecule has 0 fully saturated rings. The Morgan fingerprint density at radius 1 is 1.57 bits per heavy atom. The van der Waals surface area contributed by atoms with Crippen molar-refractivity contribution >= 4 is 21.8 Å². The number of hydrogen-bond donors (Lipinski definition) is 1. The fourth-order valence-electron chi connectivity index (χ4n) is 1.12. The van der Waals surface area contributed by atoms with Crippen molar-refractivity contribution in [2.75, 3.05) is 0 Å². The van der Waals surface area contributed by atoms with E-state index in [4.69, 9.17) is 5.73 Å². The third kappa shape index (κ3) is 2.01. The van der Waals surface area contributed by atoms with Crippen molar-refractivity contribution < 1.29 is 4.79 Å². The van der Waals surface area contributed by atoms with Crippen molar-refractivity contribution in [1.82, 2.24) is 9.55 Å². The van der Waals surface area contributed by atoms with Crippen molar-refractivity contribution in [1.29, 1.82) is 0 Å². The van der Waals surface area contributed by atoms with Gasteiger partial charge in [0.05, 0.1) is 10.2 Å². The first-order valence-electron chi connectivity index (χ1n) is 3.95. The third-order valence-corrected chi connectivity index (χ3v) is 3.00. The van der Waals surface area contributed by atoms with E-state index in [-0.39, 0.29) is 6.54 Å². The van der Waals surface area contributed by atoms with Crippen LogP contribution in [-0.4, -0.2) is 15.5 Å². The average Bonchev–Trinajstić information content (AvgIpc) is 2.09. The molecule has 1 aromatic rings. The van der Waals surface area contributed by atoms with Gasteiger partial charge in [-0.3, -0.25) is 9.36 Å². The van der Waals surface area contributed by atoms with Crippen LogP contribution < -0.4 is 11.4 Å². The van der Waals surface area contributed by atoms with Crippen molar-refractivity contribution in [3.63, 3.8) is 0 Å². The van der Waals surface area contributed by atoms with E-state index >= 15 is 0 Å². The van der Waals surface area contributed by atoms with Gasteiger partial charge in [0.15, 0.2) is 0 Å². The van der Waals surface area contributed by atoms with Gasteiger partial charge >= 0.3 is 5.69 Å². The maximum atomic E-state index is 11.4. The van der Waals surface area contributed by atoms with E-state index in [0.29, 0.717) is 11.4 Å². The first kappa shape index (κ1) is 10.9. The zero-order chi connectivity index (χ0) is 10.9. The Morgan fingerprint density at radius 2 is 2.14 bits per heavy atom. The van der Waals surface area contributed by atoms with Crippen LogP contribution in [0.25, 0.3) is 0 Å². The normalized spacial score (nSPS) is 10.2. The van der Waals surface area contributed by atoms with E-state index in [1.54, 1.807) is 13.8 Å². The van der Waals surface area contributed by atoms with E-state index in [1.807, 2.05) is 0 Å². The summed E-state index contributed by atoms with van der Waals surface area (Å²) in [6, 6.07) is 0. The lowest BCUT2D eigenvalue weighted by Gasteiger charge is -2.09. The topological polar surface area (TPSA) is 78.0 Å². The molecular weight excluding hydrogens is 250 g/mol. The molecule has 0 aliphatic heterocycles. The molecule has 0 bridgehead atoms. The molecule has 14 heavy (non-hydrogen) atoms. The lowest BCUT2D eigenvalue weighted by atomic mass is 10.3. The van der Waals surface area contributed by atoms with Gasteiger partial charge in [0, 0.05) is 5.69 Å². The minimum Gasteiger partial charge on any atom is -0.368 e. The highest BCUT2D eigenvalue weighted by atomic mass is 79.9. The van der Waals surface area contributed by atoms with E-state index < -0.39 is 11.6 Å². The molecule has 0 radical (unpaired) electrons. The van der Waals surface area contributed by atoms with Gasteiger partial charge in [-0.25, -0.2) is 4.79 Å². The molecule has 76 valence electrons. The third-order valence-electron chi connectivity index (χ3n) is 1.85. The molecule has 1 heterocycles. The first-order chi connectivity index (χ1) is 6.43. The Balaban J connectivity index is 3.37. The standard InChI is InChI=1S/C8H10BrN3O2/c1-4-7(9)5(2)12(3-6(10)13)8(14)11-4/h3H2,1-2H3,(H2,10,13). The molecule has 0 saturated heterocycles. The van der Waals surface area contributed by atoms with Gasteiger partial charge in [0.25, 0.3) is 0 Å². The first-order valence-corrected chi connectivity index (χ1v) is 4.74. The smallest absolute Gasteiger partial charge is 0.348 e. The fraction of sp³-hybridized carbons (Fsp3) is 0.375. The number of halogens is 1. The zero-order valence-electron chi connectivity index (χ0n) is 7.87. The Kier molecular flexibility index (Phi) is 3.05. The predicted octanol–water partition coefficient (Wildman–Crippen LogP) is 0.108. The number of amides is 1. The molecule has 0 spiro atoms. The molecule has 6 heteroatoms. The summed E-state index contributed by atoms with van der Waals surface area (Å²) >= 11 is 3.28. The van der Waals surface area contributed by atoms with Crippen molar-refractivity contribution in [2.45, 2.75) is 20.4 Å². The Hall–Kier alpha value is -1.17. The second-order valence-electron chi connectivity index (χ2n) is 2.93. The van der Waals surface area contributed by atoms with Gasteiger partial charge in [-0.15, -0.1) is 0 Å². The van der Waals surface area contributed by atoms with Crippen molar-refractivity contribution in [3.8, 4) is 0 Å². The lowest BCUT2D eigenvalue weighted by Crippen LogP contribution is -2.32. The second-order valence-corrected chi connectivity index (χ2v) is 3.72. The SMILES string of the molecule is Cc1nc(=O)n(CC(N)=O)c(C)c1Br.